The van der Waals surface area contributed by atoms with E-state index >= 15 is 0 Å². The highest BCUT2D eigenvalue weighted by atomic mass is 32.1. The van der Waals surface area contributed by atoms with Gasteiger partial charge < -0.3 is 16.4 Å². The van der Waals surface area contributed by atoms with E-state index in [4.69, 9.17) is 18.0 Å². The second-order valence-corrected chi connectivity index (χ2v) is 5.62. The van der Waals surface area contributed by atoms with Gasteiger partial charge in [-0.25, -0.2) is 4.79 Å². The fourth-order valence-corrected chi connectivity index (χ4v) is 2.77. The third-order valence-corrected chi connectivity index (χ3v) is 4.29. The quantitative estimate of drug-likeness (QED) is 0.672. The zero-order valence-electron chi connectivity index (χ0n) is 11.4. The Morgan fingerprint density at radius 1 is 1.39 bits per heavy atom. The first-order valence-electron chi connectivity index (χ1n) is 6.90. The van der Waals surface area contributed by atoms with Crippen molar-refractivity contribution < 1.29 is 4.79 Å². The molecule has 1 rings (SSSR count). The zero-order chi connectivity index (χ0) is 13.6. The number of rotatable bonds is 5. The largest absolute Gasteiger partial charge is 0.391 e. The maximum absolute atomic E-state index is 11.8. The number of carbonyl (C=O) groups is 1. The molecule has 2 amide bonds. The van der Waals surface area contributed by atoms with E-state index in [9.17, 15) is 4.79 Å². The van der Waals surface area contributed by atoms with Gasteiger partial charge in [0.25, 0.3) is 0 Å². The van der Waals surface area contributed by atoms with Crippen LogP contribution in [0.5, 0.6) is 0 Å². The van der Waals surface area contributed by atoms with Crippen molar-refractivity contribution in [2.24, 2.45) is 11.7 Å². The molecule has 0 radical (unpaired) electrons. The first-order valence-corrected chi connectivity index (χ1v) is 7.30. The van der Waals surface area contributed by atoms with E-state index in [-0.39, 0.29) is 6.03 Å². The van der Waals surface area contributed by atoms with Gasteiger partial charge in [-0.2, -0.15) is 0 Å². The summed E-state index contributed by atoms with van der Waals surface area (Å²) in [6.45, 7) is 4.91. The topological polar surface area (TPSA) is 67.2 Å². The number of carbonyl (C=O) groups excluding carboxylic acids is 1. The van der Waals surface area contributed by atoms with Gasteiger partial charge in [0.05, 0.1) is 10.5 Å². The van der Waals surface area contributed by atoms with Gasteiger partial charge in [-0.3, -0.25) is 0 Å². The number of thiocarbonyl (C=S) groups is 1. The van der Waals surface area contributed by atoms with Gasteiger partial charge in [0.2, 0.25) is 0 Å². The van der Waals surface area contributed by atoms with Gasteiger partial charge in [0, 0.05) is 6.54 Å². The highest BCUT2D eigenvalue weighted by Crippen LogP contribution is 2.34. The molecule has 1 aliphatic rings. The van der Waals surface area contributed by atoms with Crippen LogP contribution in [0, 0.1) is 5.92 Å². The monoisotopic (exact) mass is 271 g/mol. The van der Waals surface area contributed by atoms with Crippen LogP contribution < -0.4 is 16.4 Å². The van der Waals surface area contributed by atoms with Crippen LogP contribution >= 0.6 is 12.2 Å². The molecular formula is C13H25N3OS. The van der Waals surface area contributed by atoms with E-state index in [0.717, 1.165) is 38.0 Å². The molecule has 0 heterocycles. The zero-order valence-corrected chi connectivity index (χ0v) is 12.2. The molecule has 1 aliphatic carbocycles. The van der Waals surface area contributed by atoms with Crippen LogP contribution in [0.3, 0.4) is 0 Å². The van der Waals surface area contributed by atoms with Gasteiger partial charge in [-0.05, 0) is 38.0 Å². The van der Waals surface area contributed by atoms with Crippen molar-refractivity contribution in [2.45, 2.75) is 57.9 Å². The average molecular weight is 271 g/mol. The minimum absolute atomic E-state index is 0.153. The van der Waals surface area contributed by atoms with Gasteiger partial charge in [-0.1, -0.05) is 32.5 Å². The lowest BCUT2D eigenvalue weighted by atomic mass is 9.75. The molecule has 0 aliphatic heterocycles. The molecule has 0 unspecified atom stereocenters. The SMILES string of the molecule is CCCNC(=O)NC1(C(N)=S)CCC(CC)CC1. The lowest BCUT2D eigenvalue weighted by Gasteiger charge is -2.39. The Morgan fingerprint density at radius 3 is 2.44 bits per heavy atom. The lowest BCUT2D eigenvalue weighted by Crippen LogP contribution is -2.60. The van der Waals surface area contributed by atoms with Gasteiger partial charge >= 0.3 is 6.03 Å². The standard InChI is InChI=1S/C13H25N3OS/c1-3-9-15-12(17)16-13(11(14)18)7-5-10(4-2)6-8-13/h10H,3-9H2,1-2H3,(H2,14,18)(H2,15,16,17). The van der Waals surface area contributed by atoms with E-state index in [1.54, 1.807) is 0 Å². The van der Waals surface area contributed by atoms with Crippen molar-refractivity contribution in [3.8, 4) is 0 Å². The fourth-order valence-electron chi connectivity index (χ4n) is 2.51. The molecule has 5 heteroatoms. The molecule has 0 aromatic rings. The smallest absolute Gasteiger partial charge is 0.315 e. The van der Waals surface area contributed by atoms with Crippen LogP contribution in [0.1, 0.15) is 52.4 Å². The van der Waals surface area contributed by atoms with Gasteiger partial charge in [0.15, 0.2) is 0 Å². The normalized spacial score (nSPS) is 27.6. The Labute approximate surface area is 115 Å². The summed E-state index contributed by atoms with van der Waals surface area (Å²) in [5.41, 5.74) is 5.38. The predicted octanol–water partition coefficient (Wildman–Crippen LogP) is 2.32. The van der Waals surface area contributed by atoms with Crippen molar-refractivity contribution in [3.05, 3.63) is 0 Å². The first-order chi connectivity index (χ1) is 8.54. The predicted molar refractivity (Wildman–Crippen MR) is 78.6 cm³/mol. The highest BCUT2D eigenvalue weighted by Gasteiger charge is 2.38. The van der Waals surface area contributed by atoms with Crippen molar-refractivity contribution >= 4 is 23.2 Å². The Hall–Kier alpha value is -0.840. The summed E-state index contributed by atoms with van der Waals surface area (Å²) in [5.74, 6) is 0.743. The van der Waals surface area contributed by atoms with E-state index in [1.807, 2.05) is 6.92 Å². The molecule has 1 saturated carbocycles. The number of hydrogen-bond acceptors (Lipinski definition) is 2. The van der Waals surface area contributed by atoms with Crippen molar-refractivity contribution in [2.75, 3.05) is 6.54 Å². The third kappa shape index (κ3) is 3.83. The molecule has 0 atom stereocenters. The van der Waals surface area contributed by atoms with Crippen LogP contribution in [-0.4, -0.2) is 23.1 Å². The van der Waals surface area contributed by atoms with Crippen LogP contribution in [0.2, 0.25) is 0 Å². The molecule has 0 aromatic heterocycles. The number of nitrogens with two attached hydrogens (primary N) is 1. The summed E-state index contributed by atoms with van der Waals surface area (Å²) < 4.78 is 0. The second-order valence-electron chi connectivity index (χ2n) is 5.18. The number of urea groups is 1. The van der Waals surface area contributed by atoms with Crippen LogP contribution in [0.15, 0.2) is 0 Å². The van der Waals surface area contributed by atoms with E-state index in [2.05, 4.69) is 17.6 Å². The molecule has 0 bridgehead atoms. The molecule has 0 spiro atoms. The molecule has 1 fully saturated rings. The van der Waals surface area contributed by atoms with Crippen molar-refractivity contribution in [1.29, 1.82) is 0 Å². The molecule has 0 saturated heterocycles. The van der Waals surface area contributed by atoms with Gasteiger partial charge in [-0.15, -0.1) is 0 Å². The molecular weight excluding hydrogens is 246 g/mol. The number of nitrogens with one attached hydrogen (secondary N) is 2. The molecule has 18 heavy (non-hydrogen) atoms. The summed E-state index contributed by atoms with van der Waals surface area (Å²) >= 11 is 5.17. The van der Waals surface area contributed by atoms with Crippen LogP contribution in [0.25, 0.3) is 0 Å². The maximum Gasteiger partial charge on any atom is 0.315 e. The lowest BCUT2D eigenvalue weighted by molar-refractivity contribution is 0.212. The Bertz CT molecular complexity index is 299. The van der Waals surface area contributed by atoms with Crippen LogP contribution in [0.4, 0.5) is 4.79 Å². The minimum Gasteiger partial charge on any atom is -0.391 e. The van der Waals surface area contributed by atoms with Crippen molar-refractivity contribution in [3.63, 3.8) is 0 Å². The molecule has 104 valence electrons. The highest BCUT2D eigenvalue weighted by molar-refractivity contribution is 7.80. The summed E-state index contributed by atoms with van der Waals surface area (Å²) in [5, 5.41) is 5.81. The number of amides is 2. The summed E-state index contributed by atoms with van der Waals surface area (Å²) in [6, 6.07) is -0.153. The Balaban J connectivity index is 2.60. The van der Waals surface area contributed by atoms with E-state index in [0.29, 0.717) is 11.5 Å². The number of hydrogen-bond donors (Lipinski definition) is 3. The molecule has 4 N–H and O–H groups in total. The van der Waals surface area contributed by atoms with Gasteiger partial charge in [0.1, 0.15) is 0 Å². The average Bonchev–Trinajstić information content (AvgIpc) is 2.37. The third-order valence-electron chi connectivity index (χ3n) is 3.90. The summed E-state index contributed by atoms with van der Waals surface area (Å²) in [6.07, 6.45) is 6.01. The van der Waals surface area contributed by atoms with E-state index in [1.165, 1.54) is 6.42 Å². The Morgan fingerprint density at radius 2 is 2.00 bits per heavy atom. The second kappa shape index (κ2) is 6.92. The maximum atomic E-state index is 11.8. The Kier molecular flexibility index (Phi) is 5.85. The fraction of sp³-hybridized carbons (Fsp3) is 0.846. The molecule has 4 nitrogen and oxygen atoms in total. The summed E-state index contributed by atoms with van der Waals surface area (Å²) in [4.78, 5) is 12.2. The van der Waals surface area contributed by atoms with Crippen molar-refractivity contribution in [1.82, 2.24) is 10.6 Å². The van der Waals surface area contributed by atoms with E-state index < -0.39 is 5.54 Å². The summed E-state index contributed by atoms with van der Waals surface area (Å²) in [7, 11) is 0. The minimum atomic E-state index is -0.473. The first kappa shape index (κ1) is 15.2. The molecule has 0 aromatic carbocycles. The van der Waals surface area contributed by atoms with Crippen LogP contribution in [-0.2, 0) is 0 Å².